The largest absolute Gasteiger partial charge is 0.473 e. The van der Waals surface area contributed by atoms with E-state index < -0.39 is 17.7 Å². The maximum atomic E-state index is 15.9. The number of fused-ring (bicyclic) bond motifs is 1. The van der Waals surface area contributed by atoms with Gasteiger partial charge in [-0.1, -0.05) is 66.7 Å². The first-order chi connectivity index (χ1) is 26.3. The molecule has 3 heterocycles. The third-order valence-corrected chi connectivity index (χ3v) is 8.42. The van der Waals surface area contributed by atoms with Gasteiger partial charge in [-0.05, 0) is 55.8 Å². The Hall–Kier alpha value is -6.41. The first-order valence-corrected chi connectivity index (χ1v) is 17.4. The van der Waals surface area contributed by atoms with Crippen LogP contribution in [0, 0.1) is 11.6 Å². The minimum atomic E-state index is -0.795. The highest BCUT2D eigenvalue weighted by atomic mass is 19.1. The highest BCUT2D eigenvalue weighted by Crippen LogP contribution is 2.40. The Labute approximate surface area is 311 Å². The number of nitrogens with one attached hydrogen (secondary N) is 3. The van der Waals surface area contributed by atoms with E-state index in [9.17, 15) is 14.0 Å². The molecule has 6 rings (SSSR count). The number of aromatic nitrogens is 4. The van der Waals surface area contributed by atoms with Gasteiger partial charge in [0, 0.05) is 31.7 Å². The Morgan fingerprint density at radius 2 is 1.69 bits per heavy atom. The van der Waals surface area contributed by atoms with Gasteiger partial charge in [-0.2, -0.15) is 9.61 Å². The van der Waals surface area contributed by atoms with Crippen molar-refractivity contribution in [1.29, 1.82) is 0 Å². The second-order valence-electron chi connectivity index (χ2n) is 12.4. The average Bonchev–Trinajstić information content (AvgIpc) is 3.58. The van der Waals surface area contributed by atoms with Gasteiger partial charge in [-0.3, -0.25) is 10.1 Å². The van der Waals surface area contributed by atoms with E-state index in [1.807, 2.05) is 67.6 Å². The van der Waals surface area contributed by atoms with Crippen molar-refractivity contribution in [3.63, 3.8) is 0 Å². The highest BCUT2D eigenvalue weighted by molar-refractivity contribution is 5.92. The van der Waals surface area contributed by atoms with Crippen LogP contribution in [0.3, 0.4) is 0 Å². The van der Waals surface area contributed by atoms with Crippen LogP contribution in [0.1, 0.15) is 40.9 Å². The lowest BCUT2D eigenvalue weighted by Crippen LogP contribution is -2.27. The topological polar surface area (TPSA) is 135 Å². The van der Waals surface area contributed by atoms with Crippen LogP contribution in [0.15, 0.2) is 97.3 Å². The smallest absolute Gasteiger partial charge is 0.411 e. The maximum Gasteiger partial charge on any atom is 0.411 e. The zero-order valence-corrected chi connectivity index (χ0v) is 30.1. The highest BCUT2D eigenvalue weighted by Gasteiger charge is 2.26. The number of hydrogen-bond acceptors (Lipinski definition) is 10. The van der Waals surface area contributed by atoms with Crippen LogP contribution < -0.4 is 25.6 Å². The fourth-order valence-corrected chi connectivity index (χ4v) is 6.03. The maximum absolute atomic E-state index is 15.9. The number of amides is 1. The third kappa shape index (κ3) is 8.78. The Morgan fingerprint density at radius 1 is 0.981 bits per heavy atom. The number of aldehydes is 1. The molecule has 0 aliphatic carbocycles. The van der Waals surface area contributed by atoms with Crippen molar-refractivity contribution in [2.45, 2.75) is 39.6 Å². The third-order valence-electron chi connectivity index (χ3n) is 8.42. The number of nitrogens with zero attached hydrogens (tertiary/aromatic N) is 5. The number of hydrogen-bond donors (Lipinski definition) is 3. The van der Waals surface area contributed by atoms with E-state index in [1.54, 1.807) is 24.6 Å². The van der Waals surface area contributed by atoms with E-state index >= 15 is 4.39 Å². The Balaban J connectivity index is 1.56. The molecule has 0 saturated heterocycles. The van der Waals surface area contributed by atoms with Crippen LogP contribution in [0.2, 0.25) is 0 Å². The minimum Gasteiger partial charge on any atom is -0.473 e. The summed E-state index contributed by atoms with van der Waals surface area (Å²) in [6.45, 7) is 4.92. The lowest BCUT2D eigenvalue weighted by Gasteiger charge is -2.29. The lowest BCUT2D eigenvalue weighted by molar-refractivity contribution is 0.112. The standard InChI is InChI=1S/C40H40F2N8O4/c1-4-53-40(52)47-34-16-15-29(18-33(34)42)35-36(44-20-30-17-32(41)22-45-38(30)54-26(2)19-43-3)48-37-31(25-51)21-46-50(37)39(35)49(23-27-11-7-5-8-12-27)24-28-13-9-6-10-14-28/h5-18,21-22,25-26,43H,4,19-20,23-24H2,1-3H3,(H,44,48)(H,47,52). The van der Waals surface area contributed by atoms with Crippen molar-refractivity contribution < 1.29 is 27.8 Å². The number of benzene rings is 3. The molecule has 0 aliphatic heterocycles. The number of rotatable bonds is 16. The Kier molecular flexibility index (Phi) is 12.0. The van der Waals surface area contributed by atoms with Crippen LogP contribution in [-0.4, -0.2) is 58.3 Å². The van der Waals surface area contributed by atoms with Crippen LogP contribution in [0.4, 0.5) is 30.9 Å². The van der Waals surface area contributed by atoms with E-state index in [-0.39, 0.29) is 47.9 Å². The summed E-state index contributed by atoms with van der Waals surface area (Å²) in [5, 5.41) is 13.4. The molecule has 0 saturated carbocycles. The normalized spacial score (nSPS) is 11.6. The molecule has 12 nitrogen and oxygen atoms in total. The van der Waals surface area contributed by atoms with Gasteiger partial charge in [-0.25, -0.2) is 23.5 Å². The fraction of sp³-hybridized carbons (Fsp3) is 0.225. The molecule has 0 fully saturated rings. The van der Waals surface area contributed by atoms with Gasteiger partial charge < -0.3 is 25.0 Å². The number of likely N-dealkylation sites (N-methyl/N-ethyl adjacent to an activating group) is 1. The van der Waals surface area contributed by atoms with E-state index in [2.05, 4.69) is 30.9 Å². The zero-order valence-electron chi connectivity index (χ0n) is 30.1. The Morgan fingerprint density at radius 3 is 2.31 bits per heavy atom. The SMILES string of the molecule is CCOC(=O)Nc1ccc(-c2c(NCc3cc(F)cnc3OC(C)CNC)nc3c(C=O)cnn3c2N(Cc2ccccc2)Cc2ccccc2)cc1F. The number of carbonyl (C=O) groups excluding carboxylic acids is 2. The van der Waals surface area contributed by atoms with Crippen molar-refractivity contribution in [3.05, 3.63) is 131 Å². The molecule has 0 bridgehead atoms. The molecule has 278 valence electrons. The van der Waals surface area contributed by atoms with Crippen LogP contribution in [-0.2, 0) is 24.4 Å². The monoisotopic (exact) mass is 734 g/mol. The molecular formula is C40H40F2N8O4. The molecule has 1 unspecified atom stereocenters. The van der Waals surface area contributed by atoms with Crippen molar-refractivity contribution in [2.75, 3.05) is 35.7 Å². The molecule has 54 heavy (non-hydrogen) atoms. The van der Waals surface area contributed by atoms with Crippen LogP contribution >= 0.6 is 0 Å². The second-order valence-corrected chi connectivity index (χ2v) is 12.4. The molecule has 0 radical (unpaired) electrons. The van der Waals surface area contributed by atoms with Crippen molar-refractivity contribution in [2.24, 2.45) is 0 Å². The van der Waals surface area contributed by atoms with Crippen LogP contribution in [0.25, 0.3) is 16.8 Å². The number of ether oxygens (including phenoxy) is 2. The summed E-state index contributed by atoms with van der Waals surface area (Å²) in [7, 11) is 1.80. The van der Waals surface area contributed by atoms with Crippen LogP contribution in [0.5, 0.6) is 5.88 Å². The Bertz CT molecular complexity index is 2180. The molecule has 1 atom stereocenters. The number of halogens is 2. The molecule has 0 aliphatic rings. The molecule has 3 aromatic heterocycles. The quantitative estimate of drug-likeness (QED) is 0.0873. The molecule has 6 aromatic rings. The predicted octanol–water partition coefficient (Wildman–Crippen LogP) is 7.26. The predicted molar refractivity (Wildman–Crippen MR) is 203 cm³/mol. The molecule has 14 heteroatoms. The molecule has 0 spiro atoms. The van der Waals surface area contributed by atoms with Gasteiger partial charge in [0.25, 0.3) is 0 Å². The summed E-state index contributed by atoms with van der Waals surface area (Å²) in [5.74, 6) is -0.329. The summed E-state index contributed by atoms with van der Waals surface area (Å²) in [5.41, 5.74) is 3.54. The van der Waals surface area contributed by atoms with E-state index in [4.69, 9.17) is 14.5 Å². The van der Waals surface area contributed by atoms with E-state index in [0.29, 0.717) is 48.4 Å². The van der Waals surface area contributed by atoms with E-state index in [0.717, 1.165) is 17.3 Å². The van der Waals surface area contributed by atoms with Gasteiger partial charge in [0.1, 0.15) is 29.4 Å². The summed E-state index contributed by atoms with van der Waals surface area (Å²) >= 11 is 0. The van der Waals surface area contributed by atoms with Gasteiger partial charge in [0.15, 0.2) is 11.9 Å². The molecular weight excluding hydrogens is 694 g/mol. The van der Waals surface area contributed by atoms with Gasteiger partial charge in [0.05, 0.1) is 35.8 Å². The molecule has 3 aromatic carbocycles. The second kappa shape index (κ2) is 17.4. The average molecular weight is 735 g/mol. The van der Waals surface area contributed by atoms with Gasteiger partial charge >= 0.3 is 6.09 Å². The number of pyridine rings is 1. The zero-order chi connectivity index (χ0) is 38.0. The lowest BCUT2D eigenvalue weighted by atomic mass is 10.0. The van der Waals surface area contributed by atoms with Crippen molar-refractivity contribution in [3.8, 4) is 17.0 Å². The van der Waals surface area contributed by atoms with Gasteiger partial charge in [-0.15, -0.1) is 0 Å². The molecule has 1 amide bonds. The summed E-state index contributed by atoms with van der Waals surface area (Å²) in [6.07, 6.45) is 2.10. The summed E-state index contributed by atoms with van der Waals surface area (Å²) in [6, 6.07) is 25.3. The first kappa shape index (κ1) is 37.4. The van der Waals surface area contributed by atoms with Crippen molar-refractivity contribution in [1.82, 2.24) is 24.9 Å². The summed E-state index contributed by atoms with van der Waals surface area (Å²) in [4.78, 5) is 35.7. The van der Waals surface area contributed by atoms with Gasteiger partial charge in [0.2, 0.25) is 5.88 Å². The van der Waals surface area contributed by atoms with Crippen molar-refractivity contribution >= 4 is 35.3 Å². The summed E-state index contributed by atoms with van der Waals surface area (Å²) < 4.78 is 43.2. The first-order valence-electron chi connectivity index (χ1n) is 17.4. The number of carbonyl (C=O) groups is 2. The molecule has 3 N–H and O–H groups in total. The minimum absolute atomic E-state index is 0.00507. The fourth-order valence-electron chi connectivity index (χ4n) is 6.03. The number of anilines is 3. The van der Waals surface area contributed by atoms with E-state index in [1.165, 1.54) is 24.4 Å².